The molecule has 0 saturated carbocycles. The van der Waals surface area contributed by atoms with E-state index in [4.69, 9.17) is 12.2 Å². The molecule has 3 rings (SSSR count). The lowest BCUT2D eigenvalue weighted by molar-refractivity contribution is -0.143. The Kier molecular flexibility index (Phi) is 25.1. The van der Waals surface area contributed by atoms with Gasteiger partial charge in [0.15, 0.2) is 5.11 Å². The van der Waals surface area contributed by atoms with Crippen molar-refractivity contribution in [3.05, 3.63) is 65.7 Å². The van der Waals surface area contributed by atoms with E-state index in [1.54, 1.807) is 52.8 Å². The van der Waals surface area contributed by atoms with E-state index in [2.05, 4.69) is 31.5 Å². The van der Waals surface area contributed by atoms with Crippen molar-refractivity contribution in [2.75, 3.05) is 95.9 Å². The van der Waals surface area contributed by atoms with E-state index in [1.165, 1.54) is 11.8 Å². The Morgan fingerprint density at radius 3 is 1.64 bits per heavy atom. The molecule has 1 saturated heterocycles. The topological polar surface area (TPSA) is 274 Å². The number of carbonyl (C=O) groups is 7. The SMILES string of the molecule is CSCCC(NC(=S)Nc1ccc(CN2CCN(CC(=O)O)CCN(CC(=O)O)CCN(CC(=O)O)CC2)cc1)C(=O)NC(C(=O)NC(CCCCNC(=O)c1ccccc1)C(=O)O)C(C)C. The Morgan fingerprint density at radius 2 is 1.16 bits per heavy atom. The van der Waals surface area contributed by atoms with Crippen molar-refractivity contribution < 1.29 is 54.0 Å². The number of hydrogen-bond acceptors (Lipinski definition) is 13. The third-order valence-electron chi connectivity index (χ3n) is 11.0. The van der Waals surface area contributed by atoms with Gasteiger partial charge in [-0.1, -0.05) is 44.2 Å². The summed E-state index contributed by atoms with van der Waals surface area (Å²) in [6, 6.07) is 13.1. The number of amides is 3. The van der Waals surface area contributed by atoms with Gasteiger partial charge in [-0.05, 0) is 85.7 Å². The van der Waals surface area contributed by atoms with Gasteiger partial charge in [-0.25, -0.2) is 4.79 Å². The van der Waals surface area contributed by atoms with Gasteiger partial charge in [0, 0.05) is 76.7 Å². The number of carbonyl (C=O) groups excluding carboxylic acids is 3. The monoisotopic (exact) mass is 973 g/mol. The van der Waals surface area contributed by atoms with Crippen LogP contribution in [0.1, 0.15) is 55.5 Å². The van der Waals surface area contributed by atoms with E-state index < -0.39 is 53.8 Å². The molecule has 1 aliphatic heterocycles. The fourth-order valence-corrected chi connectivity index (χ4v) is 7.97. The van der Waals surface area contributed by atoms with Crippen molar-refractivity contribution in [3.63, 3.8) is 0 Å². The minimum Gasteiger partial charge on any atom is -0.480 e. The molecule has 9 N–H and O–H groups in total. The van der Waals surface area contributed by atoms with Crippen LogP contribution < -0.4 is 26.6 Å². The summed E-state index contributed by atoms with van der Waals surface area (Å²) in [4.78, 5) is 93.9. The quantitative estimate of drug-likeness (QED) is 0.0502. The van der Waals surface area contributed by atoms with Crippen LogP contribution in [0.25, 0.3) is 0 Å². The zero-order valence-electron chi connectivity index (χ0n) is 38.5. The molecule has 67 heavy (non-hydrogen) atoms. The highest BCUT2D eigenvalue weighted by Crippen LogP contribution is 2.14. The van der Waals surface area contributed by atoms with E-state index in [-0.39, 0.29) is 43.0 Å². The molecule has 2 aromatic carbocycles. The standard InChI is InChI=1S/C45H67N9O11S2/c1-31(2)40(43(63)48-36(44(64)65)11-7-8-17-46-41(61)33-9-5-4-6-10-33)50-42(62)35(16-26-67-3)49-45(66)47-34-14-12-32(13-15-34)27-51-18-20-52(28-37(55)56)22-24-54(30-39(59)60)25-23-53(21-19-51)29-38(57)58/h4-6,9-10,12-15,31,35-36,40H,7-8,11,16-30H2,1-3H3,(H,46,61)(H,48,63)(H,50,62)(H,55,56)(H,57,58)(H,59,60)(H,64,65)(H2,47,49,66). The van der Waals surface area contributed by atoms with Gasteiger partial charge in [-0.15, -0.1) is 0 Å². The maximum Gasteiger partial charge on any atom is 0.326 e. The number of thiocarbonyl (C=S) groups is 1. The van der Waals surface area contributed by atoms with Gasteiger partial charge < -0.3 is 47.0 Å². The molecule has 1 heterocycles. The van der Waals surface area contributed by atoms with Crippen LogP contribution in [-0.2, 0) is 35.3 Å². The lowest BCUT2D eigenvalue weighted by atomic mass is 10.0. The first-order valence-electron chi connectivity index (χ1n) is 22.3. The van der Waals surface area contributed by atoms with Gasteiger partial charge in [-0.2, -0.15) is 11.8 Å². The molecule has 1 aliphatic rings. The van der Waals surface area contributed by atoms with Gasteiger partial charge in [0.25, 0.3) is 5.91 Å². The van der Waals surface area contributed by atoms with Crippen LogP contribution in [0.5, 0.6) is 0 Å². The van der Waals surface area contributed by atoms with Crippen molar-refractivity contribution >= 4 is 76.4 Å². The summed E-state index contributed by atoms with van der Waals surface area (Å²) in [6.45, 7) is 6.61. The maximum atomic E-state index is 13.7. The molecular formula is C45H67N9O11S2. The highest BCUT2D eigenvalue weighted by atomic mass is 32.2. The Labute approximate surface area is 401 Å². The molecule has 1 fully saturated rings. The predicted octanol–water partition coefficient (Wildman–Crippen LogP) is 1.38. The van der Waals surface area contributed by atoms with Gasteiger partial charge in [-0.3, -0.25) is 48.4 Å². The molecule has 0 bridgehead atoms. The second-order valence-electron chi connectivity index (χ2n) is 16.7. The highest BCUT2D eigenvalue weighted by molar-refractivity contribution is 7.98. The van der Waals surface area contributed by atoms with E-state index in [1.807, 2.05) is 36.6 Å². The number of carboxylic acids is 4. The lowest BCUT2D eigenvalue weighted by Gasteiger charge is -2.33. The maximum absolute atomic E-state index is 13.7. The molecular weight excluding hydrogens is 907 g/mol. The fraction of sp³-hybridized carbons (Fsp3) is 0.556. The highest BCUT2D eigenvalue weighted by Gasteiger charge is 2.31. The fourth-order valence-electron chi connectivity index (χ4n) is 7.24. The van der Waals surface area contributed by atoms with Gasteiger partial charge in [0.05, 0.1) is 19.6 Å². The number of rotatable bonds is 25. The first kappa shape index (κ1) is 55.9. The van der Waals surface area contributed by atoms with E-state index in [0.29, 0.717) is 102 Å². The molecule has 0 radical (unpaired) electrons. The van der Waals surface area contributed by atoms with Crippen LogP contribution in [0.15, 0.2) is 54.6 Å². The minimum atomic E-state index is -1.21. The van der Waals surface area contributed by atoms with Crippen LogP contribution in [0.4, 0.5) is 5.69 Å². The van der Waals surface area contributed by atoms with E-state index in [0.717, 1.165) is 5.56 Å². The second kappa shape index (κ2) is 30.1. The first-order chi connectivity index (χ1) is 31.9. The largest absolute Gasteiger partial charge is 0.480 e. The molecule has 22 heteroatoms. The molecule has 3 atom stereocenters. The zero-order valence-corrected chi connectivity index (χ0v) is 40.1. The van der Waals surface area contributed by atoms with Crippen molar-refractivity contribution in [1.29, 1.82) is 0 Å². The van der Waals surface area contributed by atoms with Crippen LogP contribution in [-0.4, -0.2) is 195 Å². The summed E-state index contributed by atoms with van der Waals surface area (Å²) < 4.78 is 0. The van der Waals surface area contributed by atoms with Gasteiger partial charge in [0.2, 0.25) is 11.8 Å². The number of hydrogen-bond donors (Lipinski definition) is 9. The molecule has 20 nitrogen and oxygen atoms in total. The summed E-state index contributed by atoms with van der Waals surface area (Å²) in [7, 11) is 0. The third kappa shape index (κ3) is 22.3. The number of anilines is 1. The number of aliphatic carboxylic acids is 4. The summed E-state index contributed by atoms with van der Waals surface area (Å²) in [5.41, 5.74) is 2.07. The van der Waals surface area contributed by atoms with Gasteiger partial charge >= 0.3 is 23.9 Å². The average molecular weight is 974 g/mol. The Morgan fingerprint density at radius 1 is 0.642 bits per heavy atom. The number of nitrogens with zero attached hydrogens (tertiary/aromatic N) is 4. The van der Waals surface area contributed by atoms with Crippen LogP contribution >= 0.6 is 24.0 Å². The molecule has 0 aromatic heterocycles. The number of benzene rings is 2. The van der Waals surface area contributed by atoms with Gasteiger partial charge in [0.1, 0.15) is 18.1 Å². The molecule has 0 spiro atoms. The number of thioether (sulfide) groups is 1. The zero-order chi connectivity index (χ0) is 49.3. The van der Waals surface area contributed by atoms with Crippen molar-refractivity contribution in [1.82, 2.24) is 40.9 Å². The number of carboxylic acid groups (broad SMARTS) is 4. The summed E-state index contributed by atoms with van der Waals surface area (Å²) >= 11 is 7.15. The molecule has 0 aliphatic carbocycles. The van der Waals surface area contributed by atoms with Crippen molar-refractivity contribution in [3.8, 4) is 0 Å². The summed E-state index contributed by atoms with van der Waals surface area (Å²) in [6.07, 6.45) is 3.30. The third-order valence-corrected chi connectivity index (χ3v) is 11.8. The number of unbranched alkanes of at least 4 members (excludes halogenated alkanes) is 1. The Bertz CT molecular complexity index is 1900. The summed E-state index contributed by atoms with van der Waals surface area (Å²) in [5, 5.41) is 53.0. The van der Waals surface area contributed by atoms with E-state index in [9.17, 15) is 54.0 Å². The first-order valence-corrected chi connectivity index (χ1v) is 24.1. The molecule has 3 unspecified atom stereocenters. The Balaban J connectivity index is 1.60. The minimum absolute atomic E-state index is 0.122. The van der Waals surface area contributed by atoms with Crippen molar-refractivity contribution in [2.24, 2.45) is 5.92 Å². The normalized spacial score (nSPS) is 16.0. The van der Waals surface area contributed by atoms with Crippen molar-refractivity contribution in [2.45, 2.75) is 64.2 Å². The van der Waals surface area contributed by atoms with Crippen LogP contribution in [0, 0.1) is 5.92 Å². The Hall–Kier alpha value is -5.39. The average Bonchev–Trinajstić information content (AvgIpc) is 3.27. The van der Waals surface area contributed by atoms with Crippen LogP contribution in [0.2, 0.25) is 0 Å². The smallest absolute Gasteiger partial charge is 0.326 e. The molecule has 3 amide bonds. The van der Waals surface area contributed by atoms with Crippen LogP contribution in [0.3, 0.4) is 0 Å². The summed E-state index contributed by atoms with van der Waals surface area (Å²) in [5.74, 6) is -5.38. The number of nitrogens with one attached hydrogen (secondary N) is 5. The lowest BCUT2D eigenvalue weighted by Crippen LogP contribution is -2.57. The second-order valence-corrected chi connectivity index (χ2v) is 18.1. The predicted molar refractivity (Wildman–Crippen MR) is 259 cm³/mol. The molecule has 370 valence electrons. The van der Waals surface area contributed by atoms with E-state index >= 15 is 0 Å². The molecule has 2 aromatic rings.